The minimum Gasteiger partial charge on any atom is -0.419 e. The lowest BCUT2D eigenvalue weighted by molar-refractivity contribution is 0.494. The van der Waals surface area contributed by atoms with Crippen LogP contribution in [0.25, 0.3) is 11.5 Å². The van der Waals surface area contributed by atoms with E-state index in [0.29, 0.717) is 10.9 Å². The summed E-state index contributed by atoms with van der Waals surface area (Å²) in [6.07, 6.45) is 0. The molecule has 0 aliphatic carbocycles. The van der Waals surface area contributed by atoms with Crippen LogP contribution >= 0.6 is 11.6 Å². The Hall–Kier alpha value is -2.22. The SMILES string of the molecule is Cc1cccc(-c2nnc(CNS(=O)(=O)c3ccc(C)c(Cl)c3)o2)c1. The Bertz CT molecular complexity index is 1020. The predicted molar refractivity (Wildman–Crippen MR) is 94.7 cm³/mol. The van der Waals surface area contributed by atoms with Gasteiger partial charge in [-0.05, 0) is 43.7 Å². The van der Waals surface area contributed by atoms with Crippen LogP contribution in [0.15, 0.2) is 51.8 Å². The first-order valence-electron chi connectivity index (χ1n) is 7.50. The average molecular weight is 378 g/mol. The van der Waals surface area contributed by atoms with Crippen molar-refractivity contribution < 1.29 is 12.8 Å². The van der Waals surface area contributed by atoms with E-state index in [-0.39, 0.29) is 17.3 Å². The van der Waals surface area contributed by atoms with Gasteiger partial charge in [0.15, 0.2) is 0 Å². The van der Waals surface area contributed by atoms with E-state index in [1.165, 1.54) is 12.1 Å². The molecule has 1 heterocycles. The van der Waals surface area contributed by atoms with E-state index in [4.69, 9.17) is 16.0 Å². The van der Waals surface area contributed by atoms with Gasteiger partial charge in [0, 0.05) is 10.6 Å². The molecule has 3 rings (SSSR count). The molecule has 25 heavy (non-hydrogen) atoms. The van der Waals surface area contributed by atoms with E-state index in [1.807, 2.05) is 31.2 Å². The van der Waals surface area contributed by atoms with Gasteiger partial charge in [-0.1, -0.05) is 35.4 Å². The summed E-state index contributed by atoms with van der Waals surface area (Å²) < 4.78 is 32.6. The summed E-state index contributed by atoms with van der Waals surface area (Å²) in [5.74, 6) is 0.523. The van der Waals surface area contributed by atoms with Crippen LogP contribution in [0.4, 0.5) is 0 Å². The molecule has 0 radical (unpaired) electrons. The zero-order valence-electron chi connectivity index (χ0n) is 13.7. The van der Waals surface area contributed by atoms with Crippen molar-refractivity contribution >= 4 is 21.6 Å². The van der Waals surface area contributed by atoms with E-state index in [1.54, 1.807) is 13.0 Å². The monoisotopic (exact) mass is 377 g/mol. The van der Waals surface area contributed by atoms with Crippen LogP contribution in [-0.4, -0.2) is 18.6 Å². The number of hydrogen-bond acceptors (Lipinski definition) is 5. The molecule has 3 aromatic rings. The number of sulfonamides is 1. The molecule has 2 aromatic carbocycles. The highest BCUT2D eigenvalue weighted by Crippen LogP contribution is 2.21. The molecule has 6 nitrogen and oxygen atoms in total. The molecule has 1 N–H and O–H groups in total. The predicted octanol–water partition coefficient (Wildman–Crippen LogP) is 3.49. The molecule has 0 spiro atoms. The van der Waals surface area contributed by atoms with Crippen molar-refractivity contribution in [2.75, 3.05) is 0 Å². The topological polar surface area (TPSA) is 85.1 Å². The van der Waals surface area contributed by atoms with Crippen molar-refractivity contribution in [3.63, 3.8) is 0 Å². The van der Waals surface area contributed by atoms with Crippen molar-refractivity contribution in [1.82, 2.24) is 14.9 Å². The number of nitrogens with one attached hydrogen (secondary N) is 1. The first kappa shape index (κ1) is 17.6. The highest BCUT2D eigenvalue weighted by atomic mass is 35.5. The molecule has 0 amide bonds. The van der Waals surface area contributed by atoms with Gasteiger partial charge in [0.05, 0.1) is 11.4 Å². The van der Waals surface area contributed by atoms with Crippen LogP contribution in [-0.2, 0) is 16.6 Å². The van der Waals surface area contributed by atoms with Gasteiger partial charge < -0.3 is 4.42 Å². The third-order valence-electron chi connectivity index (χ3n) is 3.60. The molecule has 8 heteroatoms. The molecule has 0 saturated carbocycles. The summed E-state index contributed by atoms with van der Waals surface area (Å²) in [5, 5.41) is 8.23. The van der Waals surface area contributed by atoms with E-state index < -0.39 is 10.0 Å². The molecule has 0 unspecified atom stereocenters. The maximum atomic E-state index is 12.3. The normalized spacial score (nSPS) is 11.6. The van der Waals surface area contributed by atoms with Gasteiger partial charge in [0.1, 0.15) is 0 Å². The second-order valence-electron chi connectivity index (χ2n) is 5.61. The van der Waals surface area contributed by atoms with Crippen molar-refractivity contribution in [1.29, 1.82) is 0 Å². The number of hydrogen-bond donors (Lipinski definition) is 1. The minimum atomic E-state index is -3.72. The standard InChI is InChI=1S/C17H16ClN3O3S/c1-11-4-3-5-13(8-11)17-21-20-16(24-17)10-19-25(22,23)14-7-6-12(2)15(18)9-14/h3-9,19H,10H2,1-2H3. The molecule has 0 fully saturated rings. The van der Waals surface area contributed by atoms with Gasteiger partial charge >= 0.3 is 0 Å². The van der Waals surface area contributed by atoms with Gasteiger partial charge in [0.2, 0.25) is 21.8 Å². The van der Waals surface area contributed by atoms with Crippen LogP contribution < -0.4 is 4.72 Å². The van der Waals surface area contributed by atoms with Crippen molar-refractivity contribution in [3.8, 4) is 11.5 Å². The minimum absolute atomic E-state index is 0.0847. The Kier molecular flexibility index (Phi) is 4.89. The van der Waals surface area contributed by atoms with E-state index in [2.05, 4.69) is 14.9 Å². The molecule has 0 aliphatic rings. The lowest BCUT2D eigenvalue weighted by Crippen LogP contribution is -2.23. The Morgan fingerprint density at radius 2 is 1.92 bits per heavy atom. The summed E-state index contributed by atoms with van der Waals surface area (Å²) in [6.45, 7) is 3.66. The number of nitrogens with zero attached hydrogens (tertiary/aromatic N) is 2. The summed E-state index contributed by atoms with van der Waals surface area (Å²) in [4.78, 5) is 0.0847. The van der Waals surface area contributed by atoms with Crippen LogP contribution in [0, 0.1) is 13.8 Å². The number of rotatable bonds is 5. The summed E-state index contributed by atoms with van der Waals surface area (Å²) in [7, 11) is -3.72. The summed E-state index contributed by atoms with van der Waals surface area (Å²) in [6, 6.07) is 12.2. The third kappa shape index (κ3) is 4.07. The molecular formula is C17H16ClN3O3S. The number of aromatic nitrogens is 2. The van der Waals surface area contributed by atoms with Crippen molar-refractivity contribution in [3.05, 3.63) is 64.5 Å². The largest absolute Gasteiger partial charge is 0.419 e. The fourth-order valence-electron chi connectivity index (χ4n) is 2.20. The first-order chi connectivity index (χ1) is 11.8. The van der Waals surface area contributed by atoms with Crippen LogP contribution in [0.2, 0.25) is 5.02 Å². The summed E-state index contributed by atoms with van der Waals surface area (Å²) in [5.41, 5.74) is 2.65. The molecule has 1 aromatic heterocycles. The second kappa shape index (κ2) is 6.95. The van der Waals surface area contributed by atoms with E-state index in [0.717, 1.165) is 16.7 Å². The van der Waals surface area contributed by atoms with Gasteiger partial charge in [0.25, 0.3) is 0 Å². The second-order valence-corrected chi connectivity index (χ2v) is 7.78. The summed E-state index contributed by atoms with van der Waals surface area (Å²) >= 11 is 5.99. The maximum Gasteiger partial charge on any atom is 0.247 e. The number of benzene rings is 2. The van der Waals surface area contributed by atoms with E-state index in [9.17, 15) is 8.42 Å². The van der Waals surface area contributed by atoms with E-state index >= 15 is 0 Å². The lowest BCUT2D eigenvalue weighted by Gasteiger charge is -2.06. The molecule has 0 aliphatic heterocycles. The quantitative estimate of drug-likeness (QED) is 0.735. The first-order valence-corrected chi connectivity index (χ1v) is 9.36. The number of aryl methyl sites for hydroxylation is 2. The van der Waals surface area contributed by atoms with Gasteiger partial charge in [-0.3, -0.25) is 0 Å². The van der Waals surface area contributed by atoms with Crippen molar-refractivity contribution in [2.45, 2.75) is 25.3 Å². The fourth-order valence-corrected chi connectivity index (χ4v) is 3.45. The van der Waals surface area contributed by atoms with Gasteiger partial charge in [-0.25, -0.2) is 13.1 Å². The van der Waals surface area contributed by atoms with Crippen LogP contribution in [0.5, 0.6) is 0 Å². The smallest absolute Gasteiger partial charge is 0.247 e. The number of halogens is 1. The molecular weight excluding hydrogens is 362 g/mol. The Balaban J connectivity index is 1.74. The Labute approximate surface area is 150 Å². The fraction of sp³-hybridized carbons (Fsp3) is 0.176. The molecule has 0 saturated heterocycles. The zero-order chi connectivity index (χ0) is 18.0. The maximum absolute atomic E-state index is 12.3. The highest BCUT2D eigenvalue weighted by Gasteiger charge is 2.17. The third-order valence-corrected chi connectivity index (χ3v) is 5.40. The molecule has 130 valence electrons. The van der Waals surface area contributed by atoms with Crippen LogP contribution in [0.1, 0.15) is 17.0 Å². The Morgan fingerprint density at radius 1 is 1.12 bits per heavy atom. The zero-order valence-corrected chi connectivity index (χ0v) is 15.2. The van der Waals surface area contributed by atoms with Gasteiger partial charge in [-0.15, -0.1) is 10.2 Å². The molecule has 0 bridgehead atoms. The average Bonchev–Trinajstić information content (AvgIpc) is 3.05. The van der Waals surface area contributed by atoms with Crippen molar-refractivity contribution in [2.24, 2.45) is 0 Å². The van der Waals surface area contributed by atoms with Gasteiger partial charge in [-0.2, -0.15) is 0 Å². The lowest BCUT2D eigenvalue weighted by atomic mass is 10.1. The highest BCUT2D eigenvalue weighted by molar-refractivity contribution is 7.89. The van der Waals surface area contributed by atoms with Crippen LogP contribution in [0.3, 0.4) is 0 Å². The Morgan fingerprint density at radius 3 is 2.64 bits per heavy atom. The molecule has 0 atom stereocenters.